The highest BCUT2D eigenvalue weighted by atomic mass is 35.5. The van der Waals surface area contributed by atoms with E-state index in [1.165, 1.54) is 42.7 Å². The first-order valence-electron chi connectivity index (χ1n) is 7.63. The Kier molecular flexibility index (Phi) is 5.51. The Hall–Kier alpha value is -2.48. The van der Waals surface area contributed by atoms with Gasteiger partial charge < -0.3 is 9.47 Å². The van der Waals surface area contributed by atoms with Crippen molar-refractivity contribution in [3.63, 3.8) is 0 Å². The van der Waals surface area contributed by atoms with E-state index in [4.69, 9.17) is 21.1 Å². The number of carbonyl (C=O) groups is 3. The number of anilines is 1. The lowest BCUT2D eigenvalue weighted by atomic mass is 10.2. The average Bonchev–Trinajstić information content (AvgIpc) is 3.23. The van der Waals surface area contributed by atoms with E-state index in [2.05, 4.69) is 0 Å². The van der Waals surface area contributed by atoms with E-state index in [9.17, 15) is 14.4 Å². The molecular weight excluding hydrogens is 378 g/mol. The summed E-state index contributed by atoms with van der Waals surface area (Å²) >= 11 is 7.43. The van der Waals surface area contributed by atoms with Crippen molar-refractivity contribution in [2.24, 2.45) is 0 Å². The molecule has 6 nitrogen and oxygen atoms in total. The maximum absolute atomic E-state index is 12.7. The van der Waals surface area contributed by atoms with E-state index >= 15 is 0 Å². The predicted molar refractivity (Wildman–Crippen MR) is 98.2 cm³/mol. The molecule has 2 heterocycles. The van der Waals surface area contributed by atoms with Gasteiger partial charge in [0.05, 0.1) is 23.4 Å². The Bertz CT molecular complexity index is 873. The molecule has 0 unspecified atom stereocenters. The standard InChI is InChI=1S/C18H14ClNO5S/c1-24-8-9-25-18(23)11-4-6-12(7-5-11)20-16(21)14(15(19)17(20)22)13-3-2-10-26-13/h2-7,10H,8-9H2,1H3. The van der Waals surface area contributed by atoms with E-state index in [0.717, 1.165) is 4.90 Å². The van der Waals surface area contributed by atoms with Crippen molar-refractivity contribution in [1.82, 2.24) is 0 Å². The molecule has 8 heteroatoms. The van der Waals surface area contributed by atoms with Crippen LogP contribution in [0.5, 0.6) is 0 Å². The second-order valence-corrected chi connectivity index (χ2v) is 6.61. The molecule has 0 saturated heterocycles. The van der Waals surface area contributed by atoms with Gasteiger partial charge in [-0.25, -0.2) is 9.69 Å². The minimum Gasteiger partial charge on any atom is -0.460 e. The number of imide groups is 1. The van der Waals surface area contributed by atoms with Gasteiger partial charge in [0.1, 0.15) is 11.6 Å². The molecule has 1 aliphatic heterocycles. The number of esters is 1. The molecule has 1 aromatic heterocycles. The summed E-state index contributed by atoms with van der Waals surface area (Å²) in [6.45, 7) is 0.445. The zero-order chi connectivity index (χ0) is 18.7. The lowest BCUT2D eigenvalue weighted by molar-refractivity contribution is -0.119. The maximum Gasteiger partial charge on any atom is 0.338 e. The first-order valence-corrected chi connectivity index (χ1v) is 8.89. The quantitative estimate of drug-likeness (QED) is 0.430. The fraction of sp³-hybridized carbons (Fsp3) is 0.167. The number of nitrogens with zero attached hydrogens (tertiary/aromatic N) is 1. The Morgan fingerprint density at radius 2 is 1.85 bits per heavy atom. The molecule has 2 amide bonds. The van der Waals surface area contributed by atoms with E-state index in [0.29, 0.717) is 22.7 Å². The van der Waals surface area contributed by atoms with Crippen LogP contribution in [0.2, 0.25) is 0 Å². The lowest BCUT2D eigenvalue weighted by Gasteiger charge is -2.15. The fourth-order valence-electron chi connectivity index (χ4n) is 2.42. The molecule has 2 aromatic rings. The van der Waals surface area contributed by atoms with Crippen molar-refractivity contribution < 1.29 is 23.9 Å². The van der Waals surface area contributed by atoms with Crippen molar-refractivity contribution in [3.8, 4) is 0 Å². The first kappa shape index (κ1) is 18.3. The summed E-state index contributed by atoms with van der Waals surface area (Å²) in [5, 5.41) is 1.69. The molecule has 1 aromatic carbocycles. The molecule has 134 valence electrons. The Morgan fingerprint density at radius 1 is 1.12 bits per heavy atom. The van der Waals surface area contributed by atoms with Gasteiger partial charge in [-0.3, -0.25) is 9.59 Å². The van der Waals surface area contributed by atoms with Gasteiger partial charge in [0.15, 0.2) is 0 Å². The first-order chi connectivity index (χ1) is 12.5. The number of methoxy groups -OCH3 is 1. The number of rotatable bonds is 6. The number of carbonyl (C=O) groups excluding carboxylic acids is 3. The van der Waals surface area contributed by atoms with Gasteiger partial charge in [0.2, 0.25) is 0 Å². The van der Waals surface area contributed by atoms with Gasteiger partial charge >= 0.3 is 5.97 Å². The van der Waals surface area contributed by atoms with Gasteiger partial charge in [-0.2, -0.15) is 0 Å². The van der Waals surface area contributed by atoms with Gasteiger partial charge in [-0.05, 0) is 35.7 Å². The van der Waals surface area contributed by atoms with Crippen molar-refractivity contribution in [1.29, 1.82) is 0 Å². The van der Waals surface area contributed by atoms with Crippen LogP contribution >= 0.6 is 22.9 Å². The third-order valence-electron chi connectivity index (χ3n) is 3.68. The molecule has 0 spiro atoms. The van der Waals surface area contributed by atoms with Crippen LogP contribution in [0.25, 0.3) is 5.57 Å². The van der Waals surface area contributed by atoms with Gasteiger partial charge in [0, 0.05) is 12.0 Å². The van der Waals surface area contributed by atoms with E-state index in [-0.39, 0.29) is 17.2 Å². The van der Waals surface area contributed by atoms with Crippen LogP contribution in [0, 0.1) is 0 Å². The number of amides is 2. The summed E-state index contributed by atoms with van der Waals surface area (Å²) in [5.74, 6) is -1.59. The smallest absolute Gasteiger partial charge is 0.338 e. The zero-order valence-corrected chi connectivity index (χ0v) is 15.3. The van der Waals surface area contributed by atoms with Crippen LogP contribution in [0.1, 0.15) is 15.2 Å². The van der Waals surface area contributed by atoms with Crippen LogP contribution in [0.15, 0.2) is 46.8 Å². The third kappa shape index (κ3) is 3.41. The van der Waals surface area contributed by atoms with E-state index < -0.39 is 17.8 Å². The van der Waals surface area contributed by atoms with E-state index in [1.54, 1.807) is 17.5 Å². The highest BCUT2D eigenvalue weighted by Crippen LogP contribution is 2.36. The molecule has 0 saturated carbocycles. The summed E-state index contributed by atoms with van der Waals surface area (Å²) in [7, 11) is 1.51. The van der Waals surface area contributed by atoms with Crippen LogP contribution < -0.4 is 4.90 Å². The summed E-state index contributed by atoms with van der Waals surface area (Å²) in [5.41, 5.74) is 0.828. The maximum atomic E-state index is 12.7. The highest BCUT2D eigenvalue weighted by Gasteiger charge is 2.39. The van der Waals surface area contributed by atoms with Gasteiger partial charge in [-0.15, -0.1) is 11.3 Å². The van der Waals surface area contributed by atoms with Crippen molar-refractivity contribution in [3.05, 3.63) is 57.3 Å². The topological polar surface area (TPSA) is 72.9 Å². The number of ether oxygens (including phenoxy) is 2. The van der Waals surface area contributed by atoms with Crippen LogP contribution in [0.3, 0.4) is 0 Å². The molecule has 0 radical (unpaired) electrons. The molecule has 3 rings (SSSR count). The number of halogens is 1. The average molecular weight is 392 g/mol. The molecule has 1 aliphatic rings. The number of thiophene rings is 1. The van der Waals surface area contributed by atoms with E-state index in [1.807, 2.05) is 0 Å². The van der Waals surface area contributed by atoms with Crippen LogP contribution in [0.4, 0.5) is 5.69 Å². The number of benzene rings is 1. The van der Waals surface area contributed by atoms with Crippen molar-refractivity contribution in [2.75, 3.05) is 25.2 Å². The molecule has 0 N–H and O–H groups in total. The van der Waals surface area contributed by atoms with Crippen molar-refractivity contribution >= 4 is 52.0 Å². The third-order valence-corrected chi connectivity index (χ3v) is 4.91. The molecule has 0 atom stereocenters. The van der Waals surface area contributed by atoms with Gasteiger partial charge in [0.25, 0.3) is 11.8 Å². The number of hydrogen-bond donors (Lipinski definition) is 0. The number of hydrogen-bond acceptors (Lipinski definition) is 6. The highest BCUT2D eigenvalue weighted by molar-refractivity contribution is 7.11. The zero-order valence-electron chi connectivity index (χ0n) is 13.7. The lowest BCUT2D eigenvalue weighted by Crippen LogP contribution is -2.31. The van der Waals surface area contributed by atoms with Crippen LogP contribution in [-0.4, -0.2) is 38.1 Å². The summed E-state index contributed by atoms with van der Waals surface area (Å²) in [4.78, 5) is 38.6. The molecular formula is C18H14ClNO5S. The molecule has 0 bridgehead atoms. The second-order valence-electron chi connectivity index (χ2n) is 5.29. The Morgan fingerprint density at radius 3 is 2.46 bits per heavy atom. The molecule has 0 aliphatic carbocycles. The summed E-state index contributed by atoms with van der Waals surface area (Å²) < 4.78 is 9.83. The monoisotopic (exact) mass is 391 g/mol. The Labute approximate surface area is 158 Å². The second kappa shape index (κ2) is 7.82. The molecule has 0 fully saturated rings. The minimum atomic E-state index is -0.588. The van der Waals surface area contributed by atoms with Gasteiger partial charge in [-0.1, -0.05) is 17.7 Å². The van der Waals surface area contributed by atoms with Crippen LogP contribution in [-0.2, 0) is 19.1 Å². The Balaban J connectivity index is 1.79. The summed E-state index contributed by atoms with van der Waals surface area (Å²) in [6.07, 6.45) is 0. The predicted octanol–water partition coefficient (Wildman–Crippen LogP) is 3.07. The minimum absolute atomic E-state index is 0.111. The largest absolute Gasteiger partial charge is 0.460 e. The molecule has 26 heavy (non-hydrogen) atoms. The fourth-order valence-corrected chi connectivity index (χ4v) is 3.51. The summed E-state index contributed by atoms with van der Waals surface area (Å²) in [6, 6.07) is 9.50. The SMILES string of the molecule is COCCOC(=O)c1ccc(N2C(=O)C(Cl)=C(c3cccs3)C2=O)cc1. The van der Waals surface area contributed by atoms with Crippen molar-refractivity contribution in [2.45, 2.75) is 0 Å². The normalized spacial score (nSPS) is 14.3.